The van der Waals surface area contributed by atoms with Gasteiger partial charge in [0.1, 0.15) is 0 Å². The van der Waals surface area contributed by atoms with E-state index in [1.807, 2.05) is 43.3 Å². The van der Waals surface area contributed by atoms with Crippen LogP contribution >= 0.6 is 0 Å². The highest BCUT2D eigenvalue weighted by atomic mass is 32.2. The van der Waals surface area contributed by atoms with Gasteiger partial charge in [-0.2, -0.15) is 8.42 Å². The largest absolute Gasteiger partial charge is 0.296 e. The maximum Gasteiger partial charge on any atom is 0.296 e. The van der Waals surface area contributed by atoms with Crippen LogP contribution in [-0.4, -0.2) is 15.0 Å². The third-order valence-corrected chi connectivity index (χ3v) is 5.06. The first-order valence-electron chi connectivity index (χ1n) is 7.65. The third kappa shape index (κ3) is 5.05. The summed E-state index contributed by atoms with van der Waals surface area (Å²) in [6, 6.07) is 16.7. The summed E-state index contributed by atoms with van der Waals surface area (Å²) in [4.78, 5) is 0.197. The molecule has 0 amide bonds. The molecule has 0 aliphatic carbocycles. The van der Waals surface area contributed by atoms with Crippen LogP contribution in [-0.2, 0) is 14.3 Å². The Kier molecular flexibility index (Phi) is 6.13. The number of benzene rings is 2. The lowest BCUT2D eigenvalue weighted by Gasteiger charge is -2.15. The molecule has 0 aliphatic rings. The van der Waals surface area contributed by atoms with E-state index in [9.17, 15) is 8.42 Å². The van der Waals surface area contributed by atoms with Crippen molar-refractivity contribution in [3.63, 3.8) is 0 Å². The van der Waals surface area contributed by atoms with Gasteiger partial charge in [0.15, 0.2) is 0 Å². The van der Waals surface area contributed by atoms with Gasteiger partial charge in [-0.15, -0.1) is 6.58 Å². The molecule has 0 spiro atoms. The molecule has 0 N–H and O–H groups in total. The van der Waals surface area contributed by atoms with Crippen molar-refractivity contribution in [3.05, 3.63) is 78.4 Å². The summed E-state index contributed by atoms with van der Waals surface area (Å²) in [5.74, 6) is 0.210. The maximum absolute atomic E-state index is 12.2. The molecule has 0 bridgehead atoms. The molecule has 0 aliphatic heterocycles. The average molecular weight is 330 g/mol. The number of hydrogen-bond donors (Lipinski definition) is 0. The van der Waals surface area contributed by atoms with Crippen LogP contribution in [0.5, 0.6) is 0 Å². The van der Waals surface area contributed by atoms with Crippen LogP contribution in [0.2, 0.25) is 0 Å². The highest BCUT2D eigenvalue weighted by Crippen LogP contribution is 2.24. The second-order valence-electron chi connectivity index (χ2n) is 5.51. The van der Waals surface area contributed by atoms with Gasteiger partial charge in [0, 0.05) is 0 Å². The predicted molar refractivity (Wildman–Crippen MR) is 92.9 cm³/mol. The topological polar surface area (TPSA) is 43.4 Å². The van der Waals surface area contributed by atoms with Crippen LogP contribution in [0, 0.1) is 6.92 Å². The minimum atomic E-state index is -3.70. The molecule has 1 atom stereocenters. The fourth-order valence-corrected chi connectivity index (χ4v) is 3.34. The zero-order valence-electron chi connectivity index (χ0n) is 13.3. The Labute approximate surface area is 138 Å². The molecule has 4 heteroatoms. The number of hydrogen-bond acceptors (Lipinski definition) is 3. The van der Waals surface area contributed by atoms with Gasteiger partial charge in [-0.05, 0) is 43.4 Å². The Hall–Kier alpha value is -1.91. The fourth-order valence-electron chi connectivity index (χ4n) is 2.42. The van der Waals surface area contributed by atoms with E-state index >= 15 is 0 Å². The normalized spacial score (nSPS) is 12.7. The molecule has 2 rings (SSSR count). The van der Waals surface area contributed by atoms with Gasteiger partial charge in [0.05, 0.1) is 11.5 Å². The number of allylic oxidation sites excluding steroid dienone is 1. The van der Waals surface area contributed by atoms with Gasteiger partial charge in [-0.25, -0.2) is 0 Å². The second-order valence-corrected chi connectivity index (χ2v) is 7.13. The third-order valence-electron chi connectivity index (χ3n) is 3.74. The molecule has 0 fully saturated rings. The van der Waals surface area contributed by atoms with E-state index in [-0.39, 0.29) is 17.4 Å². The van der Waals surface area contributed by atoms with Gasteiger partial charge in [0.2, 0.25) is 0 Å². The minimum absolute atomic E-state index is 0.156. The summed E-state index contributed by atoms with van der Waals surface area (Å²) in [7, 11) is -3.70. The minimum Gasteiger partial charge on any atom is -0.266 e. The second kappa shape index (κ2) is 8.09. The SMILES string of the molecule is C=CC[C@H](CCOS(=O)(=O)c1ccc(C)cc1)c1ccccc1. The Morgan fingerprint density at radius 3 is 2.35 bits per heavy atom. The fraction of sp³-hybridized carbons (Fsp3) is 0.263. The molecule has 2 aromatic carbocycles. The van der Waals surface area contributed by atoms with E-state index < -0.39 is 10.1 Å². The van der Waals surface area contributed by atoms with E-state index in [0.29, 0.717) is 6.42 Å². The first-order valence-corrected chi connectivity index (χ1v) is 9.05. The molecule has 2 aromatic rings. The van der Waals surface area contributed by atoms with E-state index in [4.69, 9.17) is 4.18 Å². The first kappa shape index (κ1) is 17.4. The van der Waals surface area contributed by atoms with E-state index in [2.05, 4.69) is 6.58 Å². The van der Waals surface area contributed by atoms with Crippen molar-refractivity contribution in [3.8, 4) is 0 Å². The molecule has 3 nitrogen and oxygen atoms in total. The summed E-state index contributed by atoms with van der Waals surface area (Å²) in [6.07, 6.45) is 3.27. The van der Waals surface area contributed by atoms with Crippen molar-refractivity contribution in [2.24, 2.45) is 0 Å². The molecule has 23 heavy (non-hydrogen) atoms. The standard InChI is InChI=1S/C19H22O3S/c1-3-7-17(18-8-5-4-6-9-18)14-15-22-23(20,21)19-12-10-16(2)11-13-19/h3-6,8-13,17H,1,7,14-15H2,2H3/t17-/m1/s1. The number of aryl methyl sites for hydroxylation is 1. The molecule has 0 aromatic heterocycles. The molecule has 122 valence electrons. The van der Waals surface area contributed by atoms with Crippen LogP contribution in [0.15, 0.2) is 72.1 Å². The molecule has 0 saturated carbocycles. The Morgan fingerprint density at radius 1 is 1.09 bits per heavy atom. The molecule has 0 heterocycles. The zero-order valence-corrected chi connectivity index (χ0v) is 14.1. The van der Waals surface area contributed by atoms with Crippen LogP contribution in [0.4, 0.5) is 0 Å². The summed E-state index contributed by atoms with van der Waals surface area (Å²) in [6.45, 7) is 5.85. The molecular formula is C19H22O3S. The van der Waals surface area contributed by atoms with Gasteiger partial charge in [0.25, 0.3) is 10.1 Å². The highest BCUT2D eigenvalue weighted by Gasteiger charge is 2.16. The quantitative estimate of drug-likeness (QED) is 0.530. The van der Waals surface area contributed by atoms with E-state index in [0.717, 1.165) is 12.0 Å². The lowest BCUT2D eigenvalue weighted by atomic mass is 9.93. The van der Waals surface area contributed by atoms with Crippen LogP contribution in [0.3, 0.4) is 0 Å². The van der Waals surface area contributed by atoms with E-state index in [1.54, 1.807) is 24.3 Å². The molecular weight excluding hydrogens is 308 g/mol. The van der Waals surface area contributed by atoms with Gasteiger partial charge in [-0.3, -0.25) is 4.18 Å². The van der Waals surface area contributed by atoms with Crippen molar-refractivity contribution >= 4 is 10.1 Å². The predicted octanol–water partition coefficient (Wildman–Crippen LogP) is 4.45. The van der Waals surface area contributed by atoms with Gasteiger partial charge in [-0.1, -0.05) is 54.1 Å². The van der Waals surface area contributed by atoms with Crippen LogP contribution < -0.4 is 0 Å². The van der Waals surface area contributed by atoms with Crippen molar-refractivity contribution < 1.29 is 12.6 Å². The smallest absolute Gasteiger partial charge is 0.266 e. The number of rotatable bonds is 8. The lowest BCUT2D eigenvalue weighted by Crippen LogP contribution is -2.10. The van der Waals surface area contributed by atoms with Crippen molar-refractivity contribution in [1.82, 2.24) is 0 Å². The highest BCUT2D eigenvalue weighted by molar-refractivity contribution is 7.86. The van der Waals surface area contributed by atoms with Gasteiger partial charge >= 0.3 is 0 Å². The van der Waals surface area contributed by atoms with E-state index in [1.165, 1.54) is 5.56 Å². The Balaban J connectivity index is 1.99. The lowest BCUT2D eigenvalue weighted by molar-refractivity contribution is 0.300. The molecule has 0 radical (unpaired) electrons. The van der Waals surface area contributed by atoms with Crippen LogP contribution in [0.1, 0.15) is 29.9 Å². The van der Waals surface area contributed by atoms with Crippen molar-refractivity contribution in [2.45, 2.75) is 30.6 Å². The monoisotopic (exact) mass is 330 g/mol. The van der Waals surface area contributed by atoms with Gasteiger partial charge < -0.3 is 0 Å². The first-order chi connectivity index (χ1) is 11.0. The average Bonchev–Trinajstić information content (AvgIpc) is 2.55. The van der Waals surface area contributed by atoms with Crippen molar-refractivity contribution in [1.29, 1.82) is 0 Å². The van der Waals surface area contributed by atoms with Crippen LogP contribution in [0.25, 0.3) is 0 Å². The summed E-state index contributed by atoms with van der Waals surface area (Å²) in [5.41, 5.74) is 2.18. The summed E-state index contributed by atoms with van der Waals surface area (Å²) in [5, 5.41) is 0. The molecule has 0 saturated heterocycles. The Morgan fingerprint density at radius 2 is 1.74 bits per heavy atom. The maximum atomic E-state index is 12.2. The molecule has 0 unspecified atom stereocenters. The summed E-state index contributed by atoms with van der Waals surface area (Å²) >= 11 is 0. The summed E-state index contributed by atoms with van der Waals surface area (Å²) < 4.78 is 29.5. The zero-order chi connectivity index (χ0) is 16.7. The Bertz CT molecular complexity index is 719. The van der Waals surface area contributed by atoms with Crippen molar-refractivity contribution in [2.75, 3.05) is 6.61 Å².